The number of rotatable bonds is 16. The van der Waals surface area contributed by atoms with Crippen molar-refractivity contribution < 1.29 is 38.5 Å². The van der Waals surface area contributed by atoms with Gasteiger partial charge in [0.25, 0.3) is 0 Å². The first-order valence-electron chi connectivity index (χ1n) is 14.9. The number of carbonyl (C=O) groups is 4. The minimum Gasteiger partial charge on any atom is -0.497 e. The number of hydrogen-bond donors (Lipinski definition) is 2. The van der Waals surface area contributed by atoms with Crippen molar-refractivity contribution in [2.24, 2.45) is 11.8 Å². The number of hydrogen-bond acceptors (Lipinski definition) is 9. The van der Waals surface area contributed by atoms with Gasteiger partial charge in [-0.1, -0.05) is 30.7 Å². The third-order valence-corrected chi connectivity index (χ3v) is 8.46. The highest BCUT2D eigenvalue weighted by molar-refractivity contribution is 5.97. The van der Waals surface area contributed by atoms with Crippen LogP contribution in [0.3, 0.4) is 0 Å². The molecule has 10 nitrogen and oxygen atoms in total. The van der Waals surface area contributed by atoms with Crippen molar-refractivity contribution in [3.05, 3.63) is 41.5 Å². The van der Waals surface area contributed by atoms with Crippen LogP contribution >= 0.6 is 0 Å². The number of allylic oxidation sites excluding steroid dienone is 2. The lowest BCUT2D eigenvalue weighted by Crippen LogP contribution is -2.48. The van der Waals surface area contributed by atoms with Gasteiger partial charge in [-0.15, -0.1) is 0 Å². The normalized spacial score (nSPS) is 23.3. The number of nitrogens with zero attached hydrogens (tertiary/aromatic N) is 1. The summed E-state index contributed by atoms with van der Waals surface area (Å²) in [6.07, 6.45) is 3.95. The van der Waals surface area contributed by atoms with Gasteiger partial charge in [-0.05, 0) is 50.3 Å². The number of benzene rings is 1. The Hall–Kier alpha value is -2.92. The Morgan fingerprint density at radius 3 is 2.40 bits per heavy atom. The number of epoxide rings is 1. The van der Waals surface area contributed by atoms with E-state index in [0.29, 0.717) is 50.6 Å². The summed E-state index contributed by atoms with van der Waals surface area (Å²) in [6.45, 7) is 6.40. The predicted octanol–water partition coefficient (Wildman–Crippen LogP) is 2.57. The first-order valence-corrected chi connectivity index (χ1v) is 14.9. The third-order valence-electron chi connectivity index (χ3n) is 8.46. The molecule has 1 amide bonds. The van der Waals surface area contributed by atoms with Crippen molar-refractivity contribution in [1.82, 2.24) is 10.2 Å². The van der Waals surface area contributed by atoms with Crippen LogP contribution in [-0.2, 0) is 28.7 Å². The van der Waals surface area contributed by atoms with Crippen molar-refractivity contribution >= 4 is 23.3 Å². The standard InChI is InChI=1S/C32H44N2O8/c1-21(16-25(35)19-34-12-14-41-15-13-34)31(39)33-28(29(37)23-8-10-26(40-3)11-9-23)27(36)18-24(17-22-6-4-5-7-22)30(38)32(2)20-42-32/h6,8-11,21,24,28-29,37H,4-5,7,12-20H2,1-3H3,(H,33,39)/t21-,24-,28-,29-,32-/m1/s1. The Kier molecular flexibility index (Phi) is 11.1. The van der Waals surface area contributed by atoms with E-state index in [9.17, 15) is 24.3 Å². The van der Waals surface area contributed by atoms with E-state index in [1.165, 1.54) is 7.11 Å². The molecule has 2 fully saturated rings. The molecule has 10 heteroatoms. The Balaban J connectivity index is 1.48. The maximum Gasteiger partial charge on any atom is 0.223 e. The number of nitrogens with one attached hydrogen (secondary N) is 1. The number of carbonyl (C=O) groups excluding carboxylic acids is 4. The van der Waals surface area contributed by atoms with Crippen molar-refractivity contribution in [2.75, 3.05) is 46.6 Å². The number of methoxy groups -OCH3 is 1. The van der Waals surface area contributed by atoms with Crippen molar-refractivity contribution in [2.45, 2.75) is 70.1 Å². The first-order chi connectivity index (χ1) is 20.1. The van der Waals surface area contributed by atoms with E-state index in [1.54, 1.807) is 38.1 Å². The Labute approximate surface area is 247 Å². The lowest BCUT2D eigenvalue weighted by molar-refractivity contribution is -0.136. The van der Waals surface area contributed by atoms with Crippen molar-refractivity contribution in [3.8, 4) is 5.75 Å². The summed E-state index contributed by atoms with van der Waals surface area (Å²) in [7, 11) is 1.53. The number of amides is 1. The van der Waals surface area contributed by atoms with Crippen LogP contribution in [0.5, 0.6) is 5.75 Å². The quantitative estimate of drug-likeness (QED) is 0.222. The zero-order valence-corrected chi connectivity index (χ0v) is 24.9. The van der Waals surface area contributed by atoms with Gasteiger partial charge in [0.05, 0.1) is 33.5 Å². The fourth-order valence-electron chi connectivity index (χ4n) is 5.68. The van der Waals surface area contributed by atoms with Crippen molar-refractivity contribution in [3.63, 3.8) is 0 Å². The highest BCUT2D eigenvalue weighted by Crippen LogP contribution is 2.36. The molecule has 2 saturated heterocycles. The summed E-state index contributed by atoms with van der Waals surface area (Å²) in [5.41, 5.74) is 0.672. The average Bonchev–Trinajstić information content (AvgIpc) is 3.53. The number of ether oxygens (including phenoxy) is 3. The van der Waals surface area contributed by atoms with E-state index in [4.69, 9.17) is 14.2 Å². The highest BCUT2D eigenvalue weighted by Gasteiger charge is 2.50. The molecule has 3 aliphatic rings. The number of aliphatic hydroxyl groups excluding tert-OH is 1. The van der Waals surface area contributed by atoms with Gasteiger partial charge in [-0.3, -0.25) is 24.1 Å². The number of ketones is 3. The lowest BCUT2D eigenvalue weighted by Gasteiger charge is -2.28. The highest BCUT2D eigenvalue weighted by atomic mass is 16.6. The number of aliphatic hydroxyl groups is 1. The summed E-state index contributed by atoms with van der Waals surface area (Å²) in [6, 6.07) is 5.30. The minimum absolute atomic E-state index is 0.00763. The van der Waals surface area contributed by atoms with Crippen LogP contribution in [0.4, 0.5) is 0 Å². The van der Waals surface area contributed by atoms with E-state index in [-0.39, 0.29) is 31.0 Å². The first kappa shape index (κ1) is 32.0. The molecule has 5 atom stereocenters. The minimum atomic E-state index is -1.36. The van der Waals surface area contributed by atoms with Gasteiger partial charge in [0.15, 0.2) is 11.6 Å². The lowest BCUT2D eigenvalue weighted by atomic mass is 9.82. The van der Waals surface area contributed by atoms with E-state index in [0.717, 1.165) is 24.8 Å². The second-order valence-corrected chi connectivity index (χ2v) is 11.9. The number of morpholine rings is 1. The van der Waals surface area contributed by atoms with Crippen LogP contribution in [0.1, 0.15) is 64.0 Å². The average molecular weight is 585 g/mol. The molecule has 2 heterocycles. The molecule has 0 unspecified atom stereocenters. The van der Waals surface area contributed by atoms with E-state index >= 15 is 0 Å². The van der Waals surface area contributed by atoms with Crippen LogP contribution in [0.2, 0.25) is 0 Å². The Morgan fingerprint density at radius 1 is 1.12 bits per heavy atom. The molecular formula is C32H44N2O8. The molecular weight excluding hydrogens is 540 g/mol. The van der Waals surface area contributed by atoms with E-state index in [2.05, 4.69) is 11.4 Å². The molecule has 42 heavy (non-hydrogen) atoms. The maximum absolute atomic E-state index is 13.9. The smallest absolute Gasteiger partial charge is 0.223 e. The zero-order valence-electron chi connectivity index (χ0n) is 24.9. The van der Waals surface area contributed by atoms with Gasteiger partial charge >= 0.3 is 0 Å². The summed E-state index contributed by atoms with van der Waals surface area (Å²) < 4.78 is 16.0. The van der Waals surface area contributed by atoms with Crippen molar-refractivity contribution in [1.29, 1.82) is 0 Å². The van der Waals surface area contributed by atoms with Crippen LogP contribution in [0.15, 0.2) is 35.9 Å². The van der Waals surface area contributed by atoms with Crippen LogP contribution < -0.4 is 10.1 Å². The van der Waals surface area contributed by atoms with Crippen LogP contribution in [-0.4, -0.2) is 91.5 Å². The fraction of sp³-hybridized carbons (Fsp3) is 0.625. The van der Waals surface area contributed by atoms with Gasteiger partial charge in [0.2, 0.25) is 5.91 Å². The summed E-state index contributed by atoms with van der Waals surface area (Å²) >= 11 is 0. The molecule has 2 N–H and O–H groups in total. The monoisotopic (exact) mass is 584 g/mol. The largest absolute Gasteiger partial charge is 0.497 e. The molecule has 0 bridgehead atoms. The molecule has 0 saturated carbocycles. The molecule has 1 aromatic carbocycles. The number of Topliss-reactive ketones (excluding diaryl/α,β-unsaturated/α-hetero) is 3. The molecule has 0 spiro atoms. The second kappa shape index (κ2) is 14.5. The topological polar surface area (TPSA) is 135 Å². The molecule has 1 aromatic rings. The predicted molar refractivity (Wildman–Crippen MR) is 155 cm³/mol. The van der Waals surface area contributed by atoms with Gasteiger partial charge in [0.1, 0.15) is 29.3 Å². The summed E-state index contributed by atoms with van der Waals surface area (Å²) in [4.78, 5) is 55.3. The van der Waals surface area contributed by atoms with E-state index in [1.807, 2.05) is 4.90 Å². The van der Waals surface area contributed by atoms with Gasteiger partial charge in [0, 0.05) is 37.8 Å². The summed E-state index contributed by atoms with van der Waals surface area (Å²) in [5, 5.41) is 14.1. The van der Waals surface area contributed by atoms with E-state index < -0.39 is 41.3 Å². The fourth-order valence-corrected chi connectivity index (χ4v) is 5.68. The molecule has 0 aromatic heterocycles. The van der Waals surface area contributed by atoms with Crippen LogP contribution in [0, 0.1) is 11.8 Å². The summed E-state index contributed by atoms with van der Waals surface area (Å²) in [5.74, 6) is -1.91. The third kappa shape index (κ3) is 8.56. The SMILES string of the molecule is COc1ccc([C@@H](O)[C@H](NC(=O)[C@H](C)CC(=O)CN2CCOCC2)C(=O)C[C@@H](CC2=CCCC2)C(=O)[C@@]2(C)CO2)cc1. The molecule has 0 radical (unpaired) electrons. The molecule has 4 rings (SSSR count). The molecule has 1 aliphatic carbocycles. The van der Waals surface area contributed by atoms with Gasteiger partial charge < -0.3 is 24.6 Å². The molecule has 2 aliphatic heterocycles. The van der Waals surface area contributed by atoms with Gasteiger partial charge in [-0.2, -0.15) is 0 Å². The second-order valence-electron chi connectivity index (χ2n) is 11.9. The Morgan fingerprint density at radius 2 is 1.81 bits per heavy atom. The maximum atomic E-state index is 13.9. The molecule has 230 valence electrons. The van der Waals surface area contributed by atoms with Crippen LogP contribution in [0.25, 0.3) is 0 Å². The zero-order chi connectivity index (χ0) is 30.3. The van der Waals surface area contributed by atoms with Gasteiger partial charge in [-0.25, -0.2) is 0 Å². The Bertz CT molecular complexity index is 1150.